The van der Waals surface area contributed by atoms with Crippen LogP contribution in [0, 0.1) is 17.6 Å². The summed E-state index contributed by atoms with van der Waals surface area (Å²) in [6.45, 7) is 6.11. The van der Waals surface area contributed by atoms with Crippen molar-refractivity contribution < 1.29 is 32.2 Å². The van der Waals surface area contributed by atoms with E-state index in [9.17, 15) is 9.18 Å². The Labute approximate surface area is 270 Å². The Morgan fingerprint density at radius 1 is 0.979 bits per heavy atom. The molecule has 5 aromatic rings. The number of ether oxygens (including phenoxy) is 3. The number of rotatable bonds is 12. The van der Waals surface area contributed by atoms with Crippen molar-refractivity contribution in [3.63, 3.8) is 0 Å². The Hall–Kier alpha value is -5.10. The predicted molar refractivity (Wildman–Crippen MR) is 172 cm³/mol. The maximum absolute atomic E-state index is 15.2. The molecule has 1 amide bonds. The standard InChI is InChI=1S/C35H35F2N5O5/c1-22-11-15-42(16-12-22)14-3-17-45-32-20-28-26(19-31(32)44-2)29(10-13-38-28)46-30-9-8-25(18-27(30)37)39-33(43)21-34-40-41-35(47-34)23-4-6-24(36)7-5-23/h4-10,13,18-20,22H,3,11-12,14-17,21H2,1-2H3,(H,39,43). The Bertz CT molecular complexity index is 1840. The third kappa shape index (κ3) is 8.01. The number of methoxy groups -OCH3 is 1. The number of hydrogen-bond acceptors (Lipinski definition) is 9. The molecule has 1 aliphatic heterocycles. The van der Waals surface area contributed by atoms with Gasteiger partial charge in [-0.25, -0.2) is 8.78 Å². The largest absolute Gasteiger partial charge is 0.493 e. The van der Waals surface area contributed by atoms with Gasteiger partial charge in [0.1, 0.15) is 18.0 Å². The van der Waals surface area contributed by atoms with Crippen molar-refractivity contribution in [2.24, 2.45) is 5.92 Å². The van der Waals surface area contributed by atoms with Gasteiger partial charge in [0.15, 0.2) is 23.1 Å². The molecule has 10 nitrogen and oxygen atoms in total. The number of carbonyl (C=O) groups is 1. The summed E-state index contributed by atoms with van der Waals surface area (Å²) in [5, 5.41) is 11.0. The van der Waals surface area contributed by atoms with Crippen molar-refractivity contribution in [2.75, 3.05) is 38.7 Å². The Balaban J connectivity index is 1.07. The van der Waals surface area contributed by atoms with E-state index in [1.807, 2.05) is 0 Å². The molecule has 1 saturated heterocycles. The third-order valence-electron chi connectivity index (χ3n) is 8.04. The fourth-order valence-electron chi connectivity index (χ4n) is 5.40. The Morgan fingerprint density at radius 2 is 1.79 bits per heavy atom. The fraction of sp³-hybridized carbons (Fsp3) is 0.314. The number of halogens is 2. The molecule has 0 unspecified atom stereocenters. The van der Waals surface area contributed by atoms with E-state index in [1.165, 1.54) is 49.2 Å². The van der Waals surface area contributed by atoms with Crippen LogP contribution in [0.15, 0.2) is 71.3 Å². The van der Waals surface area contributed by atoms with E-state index < -0.39 is 17.5 Å². The SMILES string of the molecule is COc1cc2c(Oc3ccc(NC(=O)Cc4nnc(-c5ccc(F)cc5)o4)cc3F)ccnc2cc1OCCCN1CCC(C)CC1. The van der Waals surface area contributed by atoms with Gasteiger partial charge in [-0.3, -0.25) is 9.78 Å². The highest BCUT2D eigenvalue weighted by atomic mass is 19.1. The van der Waals surface area contributed by atoms with Gasteiger partial charge >= 0.3 is 0 Å². The second kappa shape index (κ2) is 14.5. The first kappa shape index (κ1) is 31.9. The Kier molecular flexibility index (Phi) is 9.86. The van der Waals surface area contributed by atoms with Crippen LogP contribution in [0.3, 0.4) is 0 Å². The lowest BCUT2D eigenvalue weighted by molar-refractivity contribution is -0.115. The summed E-state index contributed by atoms with van der Waals surface area (Å²) in [6.07, 6.45) is 4.73. The number of aromatic nitrogens is 3. The van der Waals surface area contributed by atoms with Gasteiger partial charge in [-0.15, -0.1) is 10.2 Å². The Morgan fingerprint density at radius 3 is 2.55 bits per heavy atom. The second-order valence-electron chi connectivity index (χ2n) is 11.5. The number of likely N-dealkylation sites (tertiary alicyclic amines) is 1. The molecule has 1 aliphatic rings. The van der Waals surface area contributed by atoms with Gasteiger partial charge in [0.2, 0.25) is 17.7 Å². The normalized spacial score (nSPS) is 13.9. The highest BCUT2D eigenvalue weighted by Gasteiger charge is 2.18. The number of carbonyl (C=O) groups excluding carboxylic acids is 1. The number of amides is 1. The van der Waals surface area contributed by atoms with E-state index in [-0.39, 0.29) is 29.6 Å². The van der Waals surface area contributed by atoms with Gasteiger partial charge in [-0.05, 0) is 86.8 Å². The van der Waals surface area contributed by atoms with Crippen LogP contribution in [0.2, 0.25) is 0 Å². The molecule has 244 valence electrons. The van der Waals surface area contributed by atoms with E-state index in [4.69, 9.17) is 18.6 Å². The predicted octanol–water partition coefficient (Wildman–Crippen LogP) is 7.05. The molecular weight excluding hydrogens is 608 g/mol. The molecule has 2 aromatic heterocycles. The maximum atomic E-state index is 15.2. The molecule has 0 saturated carbocycles. The average Bonchev–Trinajstić information content (AvgIpc) is 3.53. The minimum Gasteiger partial charge on any atom is -0.493 e. The van der Waals surface area contributed by atoms with Gasteiger partial charge in [-0.2, -0.15) is 0 Å². The number of benzene rings is 3. The van der Waals surface area contributed by atoms with Gasteiger partial charge < -0.3 is 28.8 Å². The average molecular weight is 644 g/mol. The monoisotopic (exact) mass is 643 g/mol. The molecule has 3 heterocycles. The van der Waals surface area contributed by atoms with Crippen LogP contribution < -0.4 is 19.5 Å². The zero-order valence-corrected chi connectivity index (χ0v) is 26.2. The molecule has 0 radical (unpaired) electrons. The molecule has 12 heteroatoms. The molecule has 1 fully saturated rings. The van der Waals surface area contributed by atoms with Gasteiger partial charge in [0, 0.05) is 41.5 Å². The quantitative estimate of drug-likeness (QED) is 0.143. The summed E-state index contributed by atoms with van der Waals surface area (Å²) in [5.41, 5.74) is 1.35. The number of pyridine rings is 1. The topological polar surface area (TPSA) is 112 Å². The minimum absolute atomic E-state index is 0.0391. The maximum Gasteiger partial charge on any atom is 0.247 e. The van der Waals surface area contributed by atoms with E-state index in [0.717, 1.165) is 38.0 Å². The van der Waals surface area contributed by atoms with E-state index in [1.54, 1.807) is 31.5 Å². The number of nitrogens with one attached hydrogen (secondary N) is 1. The van der Waals surface area contributed by atoms with E-state index >= 15 is 4.39 Å². The lowest BCUT2D eigenvalue weighted by Gasteiger charge is -2.30. The van der Waals surface area contributed by atoms with Crippen molar-refractivity contribution in [1.29, 1.82) is 0 Å². The number of nitrogens with zero attached hydrogens (tertiary/aromatic N) is 4. The number of hydrogen-bond donors (Lipinski definition) is 1. The van der Waals surface area contributed by atoms with Crippen molar-refractivity contribution in [2.45, 2.75) is 32.6 Å². The first-order chi connectivity index (χ1) is 22.8. The highest BCUT2D eigenvalue weighted by molar-refractivity contribution is 5.92. The lowest BCUT2D eigenvalue weighted by Crippen LogP contribution is -2.34. The molecule has 1 N–H and O–H groups in total. The number of piperidine rings is 1. The third-order valence-corrected chi connectivity index (χ3v) is 8.04. The van der Waals surface area contributed by atoms with E-state index in [2.05, 4.69) is 32.3 Å². The second-order valence-corrected chi connectivity index (χ2v) is 11.5. The number of anilines is 1. The zero-order chi connectivity index (χ0) is 32.8. The summed E-state index contributed by atoms with van der Waals surface area (Å²) in [7, 11) is 1.56. The van der Waals surface area contributed by atoms with Crippen molar-refractivity contribution in [3.05, 3.63) is 84.4 Å². The van der Waals surface area contributed by atoms with Crippen LogP contribution in [-0.2, 0) is 11.2 Å². The van der Waals surface area contributed by atoms with Crippen LogP contribution in [0.5, 0.6) is 23.0 Å². The molecule has 47 heavy (non-hydrogen) atoms. The molecule has 0 spiro atoms. The highest BCUT2D eigenvalue weighted by Crippen LogP contribution is 2.38. The zero-order valence-electron chi connectivity index (χ0n) is 26.2. The summed E-state index contributed by atoms with van der Waals surface area (Å²) in [4.78, 5) is 19.5. The van der Waals surface area contributed by atoms with Gasteiger partial charge in [0.25, 0.3) is 0 Å². The van der Waals surface area contributed by atoms with Crippen molar-refractivity contribution in [3.8, 4) is 34.5 Å². The molecular formula is C35H35F2N5O5. The molecule has 0 aliphatic carbocycles. The lowest BCUT2D eigenvalue weighted by atomic mass is 9.99. The van der Waals surface area contributed by atoms with Gasteiger partial charge in [-0.1, -0.05) is 6.92 Å². The first-order valence-corrected chi connectivity index (χ1v) is 15.5. The molecule has 3 aromatic carbocycles. The van der Waals surface area contributed by atoms with Crippen LogP contribution >= 0.6 is 0 Å². The summed E-state index contributed by atoms with van der Waals surface area (Å²) >= 11 is 0. The summed E-state index contributed by atoms with van der Waals surface area (Å²) in [6, 6.07) is 14.8. The van der Waals surface area contributed by atoms with Crippen LogP contribution in [0.1, 0.15) is 32.1 Å². The van der Waals surface area contributed by atoms with Gasteiger partial charge in [0.05, 0.1) is 19.2 Å². The minimum atomic E-state index is -0.681. The van der Waals surface area contributed by atoms with Crippen LogP contribution in [-0.4, -0.2) is 59.3 Å². The van der Waals surface area contributed by atoms with E-state index in [0.29, 0.717) is 40.3 Å². The smallest absolute Gasteiger partial charge is 0.247 e. The summed E-state index contributed by atoms with van der Waals surface area (Å²) in [5.74, 6) is 0.890. The van der Waals surface area contributed by atoms with Crippen molar-refractivity contribution >= 4 is 22.5 Å². The number of fused-ring (bicyclic) bond motifs is 1. The summed E-state index contributed by atoms with van der Waals surface area (Å²) < 4.78 is 51.5. The fourth-order valence-corrected chi connectivity index (χ4v) is 5.40. The van der Waals surface area contributed by atoms with Crippen LogP contribution in [0.4, 0.5) is 14.5 Å². The first-order valence-electron chi connectivity index (χ1n) is 15.5. The van der Waals surface area contributed by atoms with Crippen LogP contribution in [0.25, 0.3) is 22.4 Å². The van der Waals surface area contributed by atoms with Crippen molar-refractivity contribution in [1.82, 2.24) is 20.1 Å². The molecule has 0 bridgehead atoms. The molecule has 0 atom stereocenters. The molecule has 6 rings (SSSR count).